The van der Waals surface area contributed by atoms with Gasteiger partial charge in [-0.2, -0.15) is 0 Å². The highest BCUT2D eigenvalue weighted by Gasteiger charge is 2.36. The Morgan fingerprint density at radius 1 is 0.562 bits per heavy atom. The van der Waals surface area contributed by atoms with Crippen LogP contribution in [-0.2, 0) is 11.8 Å². The highest BCUT2D eigenvalue weighted by atomic mass is 15.1. The van der Waals surface area contributed by atoms with Crippen LogP contribution < -0.4 is 4.90 Å². The summed E-state index contributed by atoms with van der Waals surface area (Å²) in [4.78, 5) is 2.49. The number of hydrogen-bond acceptors (Lipinski definition) is 1. The average Bonchev–Trinajstić information content (AvgIpc) is 3.37. The SMILES string of the molecule is CC(c1ccccc1)C1Cc2ccc(N(c3ccc4c(c3)C(C)(C)c3ccccc3-4)c3cccc4ccccc34)cc2-c2ccccc21. The smallest absolute Gasteiger partial charge is 0.0540 e. The number of fused-ring (bicyclic) bond motifs is 7. The second kappa shape index (κ2) is 11.1. The van der Waals surface area contributed by atoms with Gasteiger partial charge >= 0.3 is 0 Å². The van der Waals surface area contributed by atoms with Crippen LogP contribution in [0.5, 0.6) is 0 Å². The molecule has 0 bridgehead atoms. The molecule has 0 fully saturated rings. The molecule has 232 valence electrons. The van der Waals surface area contributed by atoms with Gasteiger partial charge in [0.05, 0.1) is 5.69 Å². The Morgan fingerprint density at radius 2 is 1.23 bits per heavy atom. The summed E-state index contributed by atoms with van der Waals surface area (Å²) in [6.45, 7) is 7.13. The Labute approximate surface area is 284 Å². The van der Waals surface area contributed by atoms with E-state index in [-0.39, 0.29) is 5.41 Å². The fourth-order valence-electron chi connectivity index (χ4n) is 8.64. The summed E-state index contributed by atoms with van der Waals surface area (Å²) >= 11 is 0. The molecule has 1 nitrogen and oxygen atoms in total. The quantitative estimate of drug-likeness (QED) is 0.186. The molecule has 0 radical (unpaired) electrons. The standard InChI is InChI=1S/C47H39N/c1-31(32-14-5-4-6-15-32)42-28-34-24-25-35(29-43(34)39-20-10-9-19-38(39)42)48(46-23-13-17-33-16-7-8-18-37(33)46)36-26-27-41-40-21-11-12-22-44(40)47(2,3)45(41)30-36/h4-27,29-31,42H,28H2,1-3H3. The molecule has 9 rings (SSSR count). The van der Waals surface area contributed by atoms with Gasteiger partial charge in [0.2, 0.25) is 0 Å². The van der Waals surface area contributed by atoms with E-state index in [1.54, 1.807) is 0 Å². The molecule has 0 aromatic heterocycles. The summed E-state index contributed by atoms with van der Waals surface area (Å²) in [6, 6.07) is 58.8. The van der Waals surface area contributed by atoms with E-state index in [1.165, 1.54) is 77.9 Å². The van der Waals surface area contributed by atoms with Gasteiger partial charge in [0, 0.05) is 22.2 Å². The van der Waals surface area contributed by atoms with Gasteiger partial charge in [-0.15, -0.1) is 0 Å². The molecule has 0 saturated carbocycles. The van der Waals surface area contributed by atoms with E-state index in [1.807, 2.05) is 0 Å². The number of anilines is 3. The minimum absolute atomic E-state index is 0.0778. The summed E-state index contributed by atoms with van der Waals surface area (Å²) < 4.78 is 0. The van der Waals surface area contributed by atoms with Crippen molar-refractivity contribution in [3.8, 4) is 22.3 Å². The van der Waals surface area contributed by atoms with Gasteiger partial charge in [-0.3, -0.25) is 0 Å². The monoisotopic (exact) mass is 617 g/mol. The molecule has 2 atom stereocenters. The first-order valence-electron chi connectivity index (χ1n) is 17.3. The van der Waals surface area contributed by atoms with Crippen molar-refractivity contribution in [1.29, 1.82) is 0 Å². The van der Waals surface area contributed by atoms with Gasteiger partial charge in [0.1, 0.15) is 0 Å². The van der Waals surface area contributed by atoms with Crippen LogP contribution in [0.4, 0.5) is 17.1 Å². The van der Waals surface area contributed by atoms with Crippen molar-refractivity contribution >= 4 is 27.8 Å². The molecule has 48 heavy (non-hydrogen) atoms. The third kappa shape index (κ3) is 4.45. The van der Waals surface area contributed by atoms with Gasteiger partial charge in [-0.05, 0) is 104 Å². The zero-order valence-corrected chi connectivity index (χ0v) is 27.8. The van der Waals surface area contributed by atoms with Gasteiger partial charge in [-0.25, -0.2) is 0 Å². The first-order valence-corrected chi connectivity index (χ1v) is 17.3. The Balaban J connectivity index is 1.22. The van der Waals surface area contributed by atoms with Crippen molar-refractivity contribution in [3.63, 3.8) is 0 Å². The summed E-state index contributed by atoms with van der Waals surface area (Å²) in [5.41, 5.74) is 15.9. The first kappa shape index (κ1) is 28.8. The molecule has 2 aliphatic carbocycles. The van der Waals surface area contributed by atoms with Gasteiger partial charge in [0.25, 0.3) is 0 Å². The number of hydrogen-bond donors (Lipinski definition) is 0. The third-order valence-corrected chi connectivity index (χ3v) is 11.2. The average molecular weight is 618 g/mol. The molecule has 2 aliphatic rings. The topological polar surface area (TPSA) is 3.24 Å². The molecule has 2 unspecified atom stereocenters. The lowest BCUT2D eigenvalue weighted by molar-refractivity contribution is 0.568. The molecule has 0 amide bonds. The van der Waals surface area contributed by atoms with Gasteiger partial charge < -0.3 is 4.90 Å². The Hall–Kier alpha value is -5.40. The largest absolute Gasteiger partial charge is 0.310 e. The van der Waals surface area contributed by atoms with Crippen molar-refractivity contribution < 1.29 is 0 Å². The molecule has 0 spiro atoms. The van der Waals surface area contributed by atoms with E-state index in [2.05, 4.69) is 183 Å². The van der Waals surface area contributed by atoms with Crippen molar-refractivity contribution in [2.45, 2.75) is 44.4 Å². The van der Waals surface area contributed by atoms with Crippen LogP contribution in [0.15, 0.2) is 158 Å². The Kier molecular flexibility index (Phi) is 6.66. The molecular weight excluding hydrogens is 579 g/mol. The predicted octanol–water partition coefficient (Wildman–Crippen LogP) is 12.7. The molecule has 7 aromatic carbocycles. The minimum atomic E-state index is -0.0778. The molecule has 7 aromatic rings. The van der Waals surface area contributed by atoms with E-state index in [9.17, 15) is 0 Å². The fourth-order valence-corrected chi connectivity index (χ4v) is 8.64. The molecule has 0 saturated heterocycles. The van der Waals surface area contributed by atoms with E-state index >= 15 is 0 Å². The molecule has 1 heteroatoms. The number of benzene rings is 7. The van der Waals surface area contributed by atoms with Crippen LogP contribution in [-0.4, -0.2) is 0 Å². The molecular formula is C47H39N. The van der Waals surface area contributed by atoms with Crippen LogP contribution in [0.1, 0.15) is 60.4 Å². The summed E-state index contributed by atoms with van der Waals surface area (Å²) in [7, 11) is 0. The van der Waals surface area contributed by atoms with Crippen LogP contribution in [0, 0.1) is 0 Å². The third-order valence-electron chi connectivity index (χ3n) is 11.2. The predicted molar refractivity (Wildman–Crippen MR) is 203 cm³/mol. The maximum Gasteiger partial charge on any atom is 0.0540 e. The zero-order valence-electron chi connectivity index (χ0n) is 27.8. The van der Waals surface area contributed by atoms with Crippen molar-refractivity contribution in [3.05, 3.63) is 186 Å². The van der Waals surface area contributed by atoms with Crippen LogP contribution in [0.25, 0.3) is 33.0 Å². The Bertz CT molecular complexity index is 2320. The van der Waals surface area contributed by atoms with Gasteiger partial charge in [-0.1, -0.05) is 148 Å². The van der Waals surface area contributed by atoms with Crippen molar-refractivity contribution in [2.75, 3.05) is 4.90 Å². The molecule has 0 aliphatic heterocycles. The number of rotatable bonds is 5. The summed E-state index contributed by atoms with van der Waals surface area (Å²) in [5.74, 6) is 0.850. The lowest BCUT2D eigenvalue weighted by Crippen LogP contribution is -2.18. The highest BCUT2D eigenvalue weighted by molar-refractivity contribution is 6.00. The zero-order chi connectivity index (χ0) is 32.4. The lowest BCUT2D eigenvalue weighted by Gasteiger charge is -2.34. The maximum atomic E-state index is 2.49. The molecule has 0 N–H and O–H groups in total. The lowest BCUT2D eigenvalue weighted by atomic mass is 9.72. The second-order valence-corrected chi connectivity index (χ2v) is 14.2. The highest BCUT2D eigenvalue weighted by Crippen LogP contribution is 2.52. The fraction of sp³-hybridized carbons (Fsp3) is 0.149. The van der Waals surface area contributed by atoms with E-state index in [4.69, 9.17) is 0 Å². The van der Waals surface area contributed by atoms with E-state index in [0.717, 1.165) is 6.42 Å². The maximum absolute atomic E-state index is 2.49. The second-order valence-electron chi connectivity index (χ2n) is 14.2. The number of nitrogens with zero attached hydrogens (tertiary/aromatic N) is 1. The minimum Gasteiger partial charge on any atom is -0.310 e. The van der Waals surface area contributed by atoms with Crippen LogP contribution >= 0.6 is 0 Å². The van der Waals surface area contributed by atoms with E-state index in [0.29, 0.717) is 11.8 Å². The van der Waals surface area contributed by atoms with Crippen molar-refractivity contribution in [1.82, 2.24) is 0 Å². The normalized spacial score (nSPS) is 16.0. The Morgan fingerprint density at radius 3 is 2.10 bits per heavy atom. The molecule has 0 heterocycles. The van der Waals surface area contributed by atoms with E-state index < -0.39 is 0 Å². The van der Waals surface area contributed by atoms with Crippen LogP contribution in [0.2, 0.25) is 0 Å². The summed E-state index contributed by atoms with van der Waals surface area (Å²) in [6.07, 6.45) is 1.03. The summed E-state index contributed by atoms with van der Waals surface area (Å²) in [5, 5.41) is 2.49. The van der Waals surface area contributed by atoms with Crippen LogP contribution in [0.3, 0.4) is 0 Å². The van der Waals surface area contributed by atoms with Crippen molar-refractivity contribution in [2.24, 2.45) is 0 Å². The van der Waals surface area contributed by atoms with Gasteiger partial charge in [0.15, 0.2) is 0 Å². The first-order chi connectivity index (χ1) is 23.5.